The standard InChI is InChI=1S/C78H51BN4/c1-5-24-52(25-6-1)58-32-13-17-40-68(58)82-72-44-23-45-73-76(72)79(66-48-46-56(50-74(66)82)80-70-42-19-15-34-62(70)64-38-21-36-60(77(64)80)54-28-9-3-10-29-54)67-49-47-57(51-75(67)83(73)69-41-18-14-33-59(69)53-26-7-2-8-27-53)81-71-43-20-16-35-63(71)65-39-22-37-61(78(65)81)55-30-11-4-12-31-55/h1-51H. The van der Waals surface area contributed by atoms with Crippen LogP contribution in [0.1, 0.15) is 0 Å². The van der Waals surface area contributed by atoms with Crippen LogP contribution in [-0.2, 0) is 0 Å². The molecule has 0 amide bonds. The summed E-state index contributed by atoms with van der Waals surface area (Å²) in [5.41, 5.74) is 27.0. The molecule has 0 aliphatic carbocycles. The van der Waals surface area contributed by atoms with Crippen molar-refractivity contribution in [2.75, 3.05) is 9.80 Å². The van der Waals surface area contributed by atoms with E-state index in [1.165, 1.54) is 93.4 Å². The van der Waals surface area contributed by atoms with Crippen molar-refractivity contribution in [3.8, 4) is 55.9 Å². The Morgan fingerprint density at radius 3 is 0.988 bits per heavy atom. The highest BCUT2D eigenvalue weighted by atomic mass is 15.2. The Hall–Kier alpha value is -10.9. The summed E-state index contributed by atoms with van der Waals surface area (Å²) in [6.07, 6.45) is 0. The number of hydrogen-bond acceptors (Lipinski definition) is 2. The summed E-state index contributed by atoms with van der Waals surface area (Å²) < 4.78 is 5.03. The molecule has 13 aromatic carbocycles. The van der Waals surface area contributed by atoms with E-state index in [2.05, 4.69) is 328 Å². The molecule has 4 nitrogen and oxygen atoms in total. The fourth-order valence-electron chi connectivity index (χ4n) is 14.0. The number of benzene rings is 13. The molecule has 2 aliphatic heterocycles. The van der Waals surface area contributed by atoms with Crippen LogP contribution in [0.3, 0.4) is 0 Å². The molecule has 0 N–H and O–H groups in total. The van der Waals surface area contributed by atoms with Gasteiger partial charge in [0.25, 0.3) is 6.71 Å². The molecular weight excluding hydrogens is 1000 g/mol. The van der Waals surface area contributed by atoms with Crippen LogP contribution in [0.25, 0.3) is 99.5 Å². The predicted molar refractivity (Wildman–Crippen MR) is 351 cm³/mol. The van der Waals surface area contributed by atoms with Crippen molar-refractivity contribution < 1.29 is 0 Å². The molecule has 15 aromatic rings. The zero-order valence-electron chi connectivity index (χ0n) is 45.3. The Morgan fingerprint density at radius 2 is 0.554 bits per heavy atom. The van der Waals surface area contributed by atoms with Gasteiger partial charge in [-0.15, -0.1) is 0 Å². The predicted octanol–water partition coefficient (Wildman–Crippen LogP) is 18.6. The van der Waals surface area contributed by atoms with E-state index in [0.29, 0.717) is 0 Å². The normalized spacial score (nSPS) is 12.5. The van der Waals surface area contributed by atoms with Crippen molar-refractivity contribution in [1.82, 2.24) is 9.13 Å². The lowest BCUT2D eigenvalue weighted by Gasteiger charge is -2.45. The summed E-state index contributed by atoms with van der Waals surface area (Å²) >= 11 is 0. The van der Waals surface area contributed by atoms with Crippen molar-refractivity contribution in [2.24, 2.45) is 0 Å². The van der Waals surface area contributed by atoms with Crippen LogP contribution in [0, 0.1) is 0 Å². The van der Waals surface area contributed by atoms with E-state index < -0.39 is 0 Å². The fourth-order valence-corrected chi connectivity index (χ4v) is 14.0. The van der Waals surface area contributed by atoms with Gasteiger partial charge in [0.05, 0.1) is 33.4 Å². The highest BCUT2D eigenvalue weighted by Gasteiger charge is 2.44. The third-order valence-corrected chi connectivity index (χ3v) is 17.5. The maximum Gasteiger partial charge on any atom is 0.252 e. The van der Waals surface area contributed by atoms with Gasteiger partial charge in [0, 0.05) is 77.9 Å². The Balaban J connectivity index is 0.971. The molecule has 0 unspecified atom stereocenters. The number of aromatic nitrogens is 2. The van der Waals surface area contributed by atoms with E-state index in [1.807, 2.05) is 0 Å². The molecule has 0 bridgehead atoms. The Labute approximate surface area is 482 Å². The van der Waals surface area contributed by atoms with Gasteiger partial charge >= 0.3 is 0 Å². The number of anilines is 6. The van der Waals surface area contributed by atoms with Crippen LogP contribution in [0.5, 0.6) is 0 Å². The molecule has 5 heteroatoms. The lowest BCUT2D eigenvalue weighted by Crippen LogP contribution is -2.61. The second kappa shape index (κ2) is 18.9. The molecule has 0 saturated heterocycles. The van der Waals surface area contributed by atoms with Gasteiger partial charge in [-0.3, -0.25) is 0 Å². The van der Waals surface area contributed by atoms with Crippen LogP contribution in [0.4, 0.5) is 34.1 Å². The van der Waals surface area contributed by atoms with Crippen LogP contribution >= 0.6 is 0 Å². The molecule has 4 heterocycles. The van der Waals surface area contributed by atoms with Crippen molar-refractivity contribution in [1.29, 1.82) is 0 Å². The minimum absolute atomic E-state index is 0.134. The Morgan fingerprint density at radius 1 is 0.229 bits per heavy atom. The summed E-state index contributed by atoms with van der Waals surface area (Å²) in [5.74, 6) is 0. The molecule has 386 valence electrons. The first-order valence-electron chi connectivity index (χ1n) is 28.7. The summed E-state index contributed by atoms with van der Waals surface area (Å²) in [5, 5.41) is 4.92. The minimum atomic E-state index is -0.134. The zero-order valence-corrected chi connectivity index (χ0v) is 45.3. The maximum absolute atomic E-state index is 2.58. The maximum atomic E-state index is 2.58. The van der Waals surface area contributed by atoms with Gasteiger partial charge in [0.15, 0.2) is 0 Å². The molecule has 83 heavy (non-hydrogen) atoms. The number of rotatable bonds is 8. The second-order valence-electron chi connectivity index (χ2n) is 21.9. The highest BCUT2D eigenvalue weighted by Crippen LogP contribution is 2.50. The average Bonchev–Trinajstić information content (AvgIpc) is 2.22. The topological polar surface area (TPSA) is 16.3 Å². The van der Waals surface area contributed by atoms with Crippen molar-refractivity contribution in [3.63, 3.8) is 0 Å². The van der Waals surface area contributed by atoms with Gasteiger partial charge in [-0.1, -0.05) is 249 Å². The van der Waals surface area contributed by atoms with E-state index in [-0.39, 0.29) is 6.71 Å². The number of nitrogens with zero attached hydrogens (tertiary/aromatic N) is 4. The Kier molecular flexibility index (Phi) is 10.7. The lowest BCUT2D eigenvalue weighted by atomic mass is 9.33. The van der Waals surface area contributed by atoms with E-state index in [4.69, 9.17) is 0 Å². The smallest absolute Gasteiger partial charge is 0.252 e. The summed E-state index contributed by atoms with van der Waals surface area (Å²) in [6, 6.07) is 114. The summed E-state index contributed by atoms with van der Waals surface area (Å²) in [6.45, 7) is -0.134. The van der Waals surface area contributed by atoms with Crippen LogP contribution in [-0.4, -0.2) is 15.8 Å². The van der Waals surface area contributed by atoms with Gasteiger partial charge in [-0.25, -0.2) is 0 Å². The van der Waals surface area contributed by atoms with Crippen molar-refractivity contribution in [3.05, 3.63) is 309 Å². The van der Waals surface area contributed by atoms with Crippen molar-refractivity contribution in [2.45, 2.75) is 0 Å². The quantitative estimate of drug-likeness (QED) is 0.141. The molecule has 17 rings (SSSR count). The Bertz CT molecular complexity index is 4730. The number of hydrogen-bond donors (Lipinski definition) is 0. The van der Waals surface area contributed by atoms with Gasteiger partial charge in [0.1, 0.15) is 0 Å². The molecule has 0 saturated carbocycles. The lowest BCUT2D eigenvalue weighted by molar-refractivity contribution is 1.17. The second-order valence-corrected chi connectivity index (χ2v) is 21.9. The van der Waals surface area contributed by atoms with E-state index in [0.717, 1.165) is 56.6 Å². The van der Waals surface area contributed by atoms with E-state index >= 15 is 0 Å². The molecule has 2 aromatic heterocycles. The third kappa shape index (κ3) is 7.21. The molecule has 2 aliphatic rings. The van der Waals surface area contributed by atoms with Crippen molar-refractivity contribution >= 4 is 101 Å². The highest BCUT2D eigenvalue weighted by molar-refractivity contribution is 7.00. The minimum Gasteiger partial charge on any atom is -0.311 e. The summed E-state index contributed by atoms with van der Waals surface area (Å²) in [4.78, 5) is 5.15. The fraction of sp³-hybridized carbons (Fsp3) is 0. The SMILES string of the molecule is c1ccc(-c2ccccc2N2c3cc(-n4c5ccccc5c5cccc(-c6ccccc6)c54)ccc3B3c4ccc(-n5c6ccccc6c6cccc(-c7ccccc7)c65)cc4N(c4ccccc4-c4ccccc4)c4cccc2c43)cc1. The largest absolute Gasteiger partial charge is 0.311 e. The van der Waals surface area contributed by atoms with Gasteiger partial charge in [-0.05, 0) is 99.3 Å². The first kappa shape index (κ1) is 47.0. The van der Waals surface area contributed by atoms with Gasteiger partial charge < -0.3 is 18.9 Å². The average molecular weight is 1060 g/mol. The summed E-state index contributed by atoms with van der Waals surface area (Å²) in [7, 11) is 0. The van der Waals surface area contributed by atoms with Crippen LogP contribution in [0.15, 0.2) is 309 Å². The molecule has 0 spiro atoms. The monoisotopic (exact) mass is 1050 g/mol. The number of para-hydroxylation sites is 6. The first-order chi connectivity index (χ1) is 41.2. The van der Waals surface area contributed by atoms with Crippen LogP contribution in [0.2, 0.25) is 0 Å². The molecule has 0 atom stereocenters. The van der Waals surface area contributed by atoms with Gasteiger partial charge in [0.2, 0.25) is 0 Å². The van der Waals surface area contributed by atoms with Gasteiger partial charge in [-0.2, -0.15) is 0 Å². The molecular formula is C78H51BN4. The third-order valence-electron chi connectivity index (χ3n) is 17.5. The zero-order chi connectivity index (χ0) is 54.5. The first-order valence-corrected chi connectivity index (χ1v) is 28.7. The van der Waals surface area contributed by atoms with E-state index in [9.17, 15) is 0 Å². The van der Waals surface area contributed by atoms with Crippen LogP contribution < -0.4 is 26.2 Å². The molecule has 0 fully saturated rings. The van der Waals surface area contributed by atoms with E-state index in [1.54, 1.807) is 0 Å². The molecule has 0 radical (unpaired) electrons. The number of fused-ring (bicyclic) bond motifs is 10.